The first-order valence-corrected chi connectivity index (χ1v) is 7.08. The van der Waals surface area contributed by atoms with Gasteiger partial charge in [0.15, 0.2) is 0 Å². The van der Waals surface area contributed by atoms with Crippen molar-refractivity contribution in [3.05, 3.63) is 0 Å². The van der Waals surface area contributed by atoms with Crippen molar-refractivity contribution in [1.29, 1.82) is 0 Å². The number of rotatable bonds is 4. The Hall–Kier alpha value is -0.370. The quantitative estimate of drug-likeness (QED) is 0.730. The van der Waals surface area contributed by atoms with Crippen LogP contribution in [0.2, 0.25) is 0 Å². The van der Waals surface area contributed by atoms with Gasteiger partial charge in [0.2, 0.25) is 0 Å². The van der Waals surface area contributed by atoms with Gasteiger partial charge < -0.3 is 0 Å². The smallest absolute Gasteiger partial charge is 0.137 e. The molecule has 0 aromatic heterocycles. The van der Waals surface area contributed by atoms with Gasteiger partial charge in [0.1, 0.15) is 5.78 Å². The van der Waals surface area contributed by atoms with Crippen LogP contribution < -0.4 is 0 Å². The van der Waals surface area contributed by atoms with E-state index in [1.165, 1.54) is 32.1 Å². The van der Waals surface area contributed by atoms with Gasteiger partial charge in [-0.25, -0.2) is 0 Å². The fraction of sp³-hybridized carbons (Fsp3) is 0.929. The third-order valence-electron chi connectivity index (χ3n) is 4.38. The maximum absolute atomic E-state index is 11.7. The predicted molar refractivity (Wildman–Crippen MR) is 66.5 cm³/mol. The Morgan fingerprint density at radius 3 is 2.44 bits per heavy atom. The Morgan fingerprint density at radius 1 is 1.12 bits per heavy atom. The maximum Gasteiger partial charge on any atom is 0.137 e. The first-order valence-electron chi connectivity index (χ1n) is 7.08. The van der Waals surface area contributed by atoms with E-state index in [0.29, 0.717) is 11.7 Å². The van der Waals surface area contributed by atoms with Gasteiger partial charge in [-0.1, -0.05) is 26.2 Å². The predicted octanol–water partition coefficient (Wildman–Crippen LogP) is 3.01. The summed E-state index contributed by atoms with van der Waals surface area (Å²) < 4.78 is 0. The second-order valence-corrected chi connectivity index (χ2v) is 5.43. The van der Waals surface area contributed by atoms with E-state index in [0.717, 1.165) is 38.4 Å². The second kappa shape index (κ2) is 5.81. The molecule has 0 spiro atoms. The molecule has 2 aliphatic rings. The molecule has 0 heterocycles. The van der Waals surface area contributed by atoms with Crippen LogP contribution in [0.1, 0.15) is 58.3 Å². The maximum atomic E-state index is 11.7. The molecule has 2 nitrogen and oxygen atoms in total. The van der Waals surface area contributed by atoms with E-state index >= 15 is 0 Å². The standard InChI is InChI=1S/C14H25NO/c1-2-15(13-8-4-3-5-9-13)11-12-7-6-10-14(12)16/h12-13H,2-11H2,1H3. The average molecular weight is 223 g/mol. The van der Waals surface area contributed by atoms with Gasteiger partial charge in [-0.05, 0) is 32.2 Å². The van der Waals surface area contributed by atoms with Gasteiger partial charge in [-0.3, -0.25) is 9.69 Å². The second-order valence-electron chi connectivity index (χ2n) is 5.43. The van der Waals surface area contributed by atoms with Gasteiger partial charge in [-0.15, -0.1) is 0 Å². The molecule has 0 radical (unpaired) electrons. The fourth-order valence-corrected chi connectivity index (χ4v) is 3.35. The minimum Gasteiger partial charge on any atom is -0.300 e. The van der Waals surface area contributed by atoms with Crippen molar-refractivity contribution in [3.63, 3.8) is 0 Å². The largest absolute Gasteiger partial charge is 0.300 e. The number of hydrogen-bond donors (Lipinski definition) is 0. The first kappa shape index (κ1) is 12.1. The molecule has 0 aromatic rings. The van der Waals surface area contributed by atoms with Crippen LogP contribution in [0.25, 0.3) is 0 Å². The highest BCUT2D eigenvalue weighted by molar-refractivity contribution is 5.83. The lowest BCUT2D eigenvalue weighted by Gasteiger charge is -2.34. The molecule has 2 rings (SSSR count). The van der Waals surface area contributed by atoms with Crippen LogP contribution in [0.15, 0.2) is 0 Å². The van der Waals surface area contributed by atoms with Crippen LogP contribution in [-0.4, -0.2) is 29.8 Å². The van der Waals surface area contributed by atoms with Gasteiger partial charge in [-0.2, -0.15) is 0 Å². The fourth-order valence-electron chi connectivity index (χ4n) is 3.35. The molecular weight excluding hydrogens is 198 g/mol. The van der Waals surface area contributed by atoms with E-state index in [2.05, 4.69) is 11.8 Å². The minimum atomic E-state index is 0.363. The molecule has 92 valence electrons. The summed E-state index contributed by atoms with van der Waals surface area (Å²) in [6.07, 6.45) is 10.0. The molecule has 2 saturated carbocycles. The summed E-state index contributed by atoms with van der Waals surface area (Å²) in [4.78, 5) is 14.3. The van der Waals surface area contributed by atoms with E-state index < -0.39 is 0 Å². The Kier molecular flexibility index (Phi) is 4.39. The lowest BCUT2D eigenvalue weighted by Crippen LogP contribution is -2.40. The molecule has 0 N–H and O–H groups in total. The third-order valence-corrected chi connectivity index (χ3v) is 4.38. The summed E-state index contributed by atoms with van der Waals surface area (Å²) in [5.41, 5.74) is 0. The average Bonchev–Trinajstić information content (AvgIpc) is 2.73. The highest BCUT2D eigenvalue weighted by Gasteiger charge is 2.28. The van der Waals surface area contributed by atoms with Gasteiger partial charge >= 0.3 is 0 Å². The molecule has 2 aliphatic carbocycles. The zero-order chi connectivity index (χ0) is 11.4. The molecular formula is C14H25NO. The van der Waals surface area contributed by atoms with Crippen molar-refractivity contribution >= 4 is 5.78 Å². The molecule has 1 unspecified atom stereocenters. The third kappa shape index (κ3) is 2.85. The minimum absolute atomic E-state index is 0.363. The lowest BCUT2D eigenvalue weighted by atomic mass is 9.93. The normalized spacial score (nSPS) is 27.9. The van der Waals surface area contributed by atoms with Crippen LogP contribution in [0.3, 0.4) is 0 Å². The monoisotopic (exact) mass is 223 g/mol. The van der Waals surface area contributed by atoms with Crippen molar-refractivity contribution in [2.45, 2.75) is 64.3 Å². The van der Waals surface area contributed by atoms with Crippen LogP contribution in [0.4, 0.5) is 0 Å². The van der Waals surface area contributed by atoms with Crippen LogP contribution in [0, 0.1) is 5.92 Å². The molecule has 0 aromatic carbocycles. The number of carbonyl (C=O) groups is 1. The van der Waals surface area contributed by atoms with Crippen molar-refractivity contribution in [2.75, 3.05) is 13.1 Å². The van der Waals surface area contributed by atoms with Gasteiger partial charge in [0.05, 0.1) is 0 Å². The molecule has 1 atom stereocenters. The Bertz CT molecular complexity index is 233. The van der Waals surface area contributed by atoms with E-state index in [9.17, 15) is 4.79 Å². The lowest BCUT2D eigenvalue weighted by molar-refractivity contribution is -0.121. The topological polar surface area (TPSA) is 20.3 Å². The molecule has 0 bridgehead atoms. The van der Waals surface area contributed by atoms with E-state index in [4.69, 9.17) is 0 Å². The van der Waals surface area contributed by atoms with Crippen molar-refractivity contribution < 1.29 is 4.79 Å². The van der Waals surface area contributed by atoms with E-state index in [-0.39, 0.29) is 0 Å². The van der Waals surface area contributed by atoms with Crippen LogP contribution in [0.5, 0.6) is 0 Å². The molecule has 2 fully saturated rings. The summed E-state index contributed by atoms with van der Waals surface area (Å²) in [5, 5.41) is 0. The molecule has 2 heteroatoms. The van der Waals surface area contributed by atoms with E-state index in [1.807, 2.05) is 0 Å². The van der Waals surface area contributed by atoms with Crippen molar-refractivity contribution in [1.82, 2.24) is 4.90 Å². The zero-order valence-electron chi connectivity index (χ0n) is 10.6. The summed E-state index contributed by atoms with van der Waals surface area (Å²) in [6, 6.07) is 0.771. The van der Waals surface area contributed by atoms with Gasteiger partial charge in [0.25, 0.3) is 0 Å². The molecule has 0 saturated heterocycles. The molecule has 16 heavy (non-hydrogen) atoms. The van der Waals surface area contributed by atoms with Gasteiger partial charge in [0, 0.05) is 24.9 Å². The summed E-state index contributed by atoms with van der Waals surface area (Å²) in [7, 11) is 0. The summed E-state index contributed by atoms with van der Waals surface area (Å²) in [5.74, 6) is 0.885. The highest BCUT2D eigenvalue weighted by atomic mass is 16.1. The summed E-state index contributed by atoms with van der Waals surface area (Å²) in [6.45, 7) is 4.41. The number of hydrogen-bond acceptors (Lipinski definition) is 2. The first-order chi connectivity index (χ1) is 7.81. The van der Waals surface area contributed by atoms with Crippen molar-refractivity contribution in [3.8, 4) is 0 Å². The Labute approximate surface area is 99.4 Å². The summed E-state index contributed by atoms with van der Waals surface area (Å²) >= 11 is 0. The number of Topliss-reactive ketones (excluding diaryl/α,β-unsaturated/α-hetero) is 1. The number of carbonyl (C=O) groups excluding carboxylic acids is 1. The highest BCUT2D eigenvalue weighted by Crippen LogP contribution is 2.27. The SMILES string of the molecule is CCN(CC1CCCC1=O)C1CCCCC1. The van der Waals surface area contributed by atoms with Crippen LogP contribution in [-0.2, 0) is 4.79 Å². The molecule has 0 aliphatic heterocycles. The van der Waals surface area contributed by atoms with E-state index in [1.54, 1.807) is 0 Å². The van der Waals surface area contributed by atoms with Crippen LogP contribution >= 0.6 is 0 Å². The Morgan fingerprint density at radius 2 is 1.88 bits per heavy atom. The zero-order valence-corrected chi connectivity index (χ0v) is 10.6. The van der Waals surface area contributed by atoms with Crippen molar-refractivity contribution in [2.24, 2.45) is 5.92 Å². The number of nitrogens with zero attached hydrogens (tertiary/aromatic N) is 1. The Balaban J connectivity index is 1.86. The molecule has 0 amide bonds. The number of ketones is 1.